The predicted octanol–water partition coefficient (Wildman–Crippen LogP) is 3.32. The van der Waals surface area contributed by atoms with Gasteiger partial charge in [-0.2, -0.15) is 4.98 Å². The molecule has 0 saturated heterocycles. The molecule has 1 aliphatic heterocycles. The molecule has 0 saturated carbocycles. The minimum Gasteiger partial charge on any atom is -0.312 e. The number of anilines is 2. The van der Waals surface area contributed by atoms with E-state index in [4.69, 9.17) is 4.98 Å². The fourth-order valence-electron chi connectivity index (χ4n) is 4.61. The lowest BCUT2D eigenvalue weighted by atomic mass is 10.1. The normalized spacial score (nSPS) is 15.8. The van der Waals surface area contributed by atoms with Gasteiger partial charge in [-0.15, -0.1) is 0 Å². The summed E-state index contributed by atoms with van der Waals surface area (Å²) in [5.74, 6) is 1.06. The molecule has 1 aliphatic rings. The number of aryl methyl sites for hydroxylation is 2. The Morgan fingerprint density at radius 2 is 1.66 bits per heavy atom. The van der Waals surface area contributed by atoms with Crippen LogP contribution >= 0.6 is 0 Å². The zero-order valence-electron chi connectivity index (χ0n) is 18.4. The number of hydrogen-bond donors (Lipinski definition) is 0. The van der Waals surface area contributed by atoms with E-state index in [0.29, 0.717) is 30.2 Å². The molecule has 0 bridgehead atoms. The van der Waals surface area contributed by atoms with Gasteiger partial charge >= 0.3 is 5.69 Å². The maximum atomic E-state index is 13.5. The van der Waals surface area contributed by atoms with Crippen LogP contribution in [0, 0.1) is 5.92 Å². The fraction of sp³-hybridized carbons (Fsp3) is 0.320. The van der Waals surface area contributed by atoms with Crippen molar-refractivity contribution in [2.45, 2.75) is 32.9 Å². The monoisotopic (exact) mass is 429 g/mol. The molecular formula is C25H27N5O2. The number of hydrogen-bond acceptors (Lipinski definition) is 4. The number of aromatic nitrogens is 4. The van der Waals surface area contributed by atoms with Crippen LogP contribution in [-0.2, 0) is 26.6 Å². The van der Waals surface area contributed by atoms with Gasteiger partial charge in [0.05, 0.1) is 0 Å². The molecule has 0 N–H and O–H groups in total. The van der Waals surface area contributed by atoms with Crippen molar-refractivity contribution in [3.8, 4) is 0 Å². The van der Waals surface area contributed by atoms with Gasteiger partial charge in [-0.1, -0.05) is 55.5 Å². The third-order valence-electron chi connectivity index (χ3n) is 6.20. The van der Waals surface area contributed by atoms with Gasteiger partial charge in [-0.25, -0.2) is 4.79 Å². The lowest BCUT2D eigenvalue weighted by molar-refractivity contribution is 0.457. The summed E-state index contributed by atoms with van der Waals surface area (Å²) in [6, 6.07) is 20.2. The van der Waals surface area contributed by atoms with E-state index in [1.54, 1.807) is 7.05 Å². The summed E-state index contributed by atoms with van der Waals surface area (Å²) in [4.78, 5) is 33.4. The summed E-state index contributed by atoms with van der Waals surface area (Å²) >= 11 is 0. The Kier molecular flexibility index (Phi) is 5.17. The highest BCUT2D eigenvalue weighted by atomic mass is 16.2. The largest absolute Gasteiger partial charge is 0.332 e. The number of imidazole rings is 1. The molecule has 0 unspecified atom stereocenters. The molecule has 0 fully saturated rings. The van der Waals surface area contributed by atoms with E-state index in [2.05, 4.69) is 24.0 Å². The van der Waals surface area contributed by atoms with Gasteiger partial charge in [-0.3, -0.25) is 13.9 Å². The van der Waals surface area contributed by atoms with Gasteiger partial charge < -0.3 is 9.47 Å². The summed E-state index contributed by atoms with van der Waals surface area (Å²) in [6.45, 7) is 4.07. The average Bonchev–Trinajstić information content (AvgIpc) is 3.20. The average molecular weight is 430 g/mol. The lowest BCUT2D eigenvalue weighted by Gasteiger charge is -2.32. The zero-order chi connectivity index (χ0) is 22.2. The van der Waals surface area contributed by atoms with E-state index in [0.717, 1.165) is 31.0 Å². The molecule has 7 nitrogen and oxygen atoms in total. The molecule has 2 aromatic heterocycles. The first-order valence-electron chi connectivity index (χ1n) is 11.1. The van der Waals surface area contributed by atoms with Crippen LogP contribution in [0.1, 0.15) is 18.9 Å². The van der Waals surface area contributed by atoms with Crippen LogP contribution in [0.4, 0.5) is 11.6 Å². The Balaban J connectivity index is 1.58. The van der Waals surface area contributed by atoms with Gasteiger partial charge in [0.2, 0.25) is 5.95 Å². The van der Waals surface area contributed by atoms with E-state index in [9.17, 15) is 9.59 Å². The van der Waals surface area contributed by atoms with Crippen molar-refractivity contribution in [3.63, 3.8) is 0 Å². The molecule has 32 heavy (non-hydrogen) atoms. The van der Waals surface area contributed by atoms with Crippen molar-refractivity contribution < 1.29 is 0 Å². The third kappa shape index (κ3) is 3.43. The standard InChI is InChI=1S/C25H27N5O2/c1-18-16-29(20-13-7-4-8-14-20)24-26-22-21(30(24)17-18)23(31)28(25(32)27(22)2)15-9-12-19-10-5-3-6-11-19/h3-8,10-11,13-14,18H,9,12,15-17H2,1-2H3/t18-/m0/s1. The molecular weight excluding hydrogens is 402 g/mol. The number of rotatable bonds is 5. The van der Waals surface area contributed by atoms with E-state index < -0.39 is 0 Å². The molecule has 5 rings (SSSR count). The molecule has 1 atom stereocenters. The molecule has 0 amide bonds. The minimum absolute atomic E-state index is 0.253. The molecule has 3 heterocycles. The first-order chi connectivity index (χ1) is 15.5. The van der Waals surface area contributed by atoms with Gasteiger partial charge in [0, 0.05) is 32.4 Å². The zero-order valence-corrected chi connectivity index (χ0v) is 18.4. The Bertz CT molecular complexity index is 1370. The fourth-order valence-corrected chi connectivity index (χ4v) is 4.61. The van der Waals surface area contributed by atoms with Crippen LogP contribution in [0.5, 0.6) is 0 Å². The summed E-state index contributed by atoms with van der Waals surface area (Å²) in [5.41, 5.74) is 2.62. The van der Waals surface area contributed by atoms with Crippen molar-refractivity contribution in [2.75, 3.05) is 11.4 Å². The predicted molar refractivity (Wildman–Crippen MR) is 127 cm³/mol. The number of nitrogens with zero attached hydrogens (tertiary/aromatic N) is 5. The Hall–Kier alpha value is -3.61. The van der Waals surface area contributed by atoms with Crippen molar-refractivity contribution in [1.82, 2.24) is 18.7 Å². The van der Waals surface area contributed by atoms with Crippen molar-refractivity contribution >= 4 is 22.8 Å². The SMILES string of the molecule is C[C@H]1CN(c2ccccc2)c2nc3c(c(=O)n(CCCc4ccccc4)c(=O)n3C)n2C1. The molecule has 0 radical (unpaired) electrons. The van der Waals surface area contributed by atoms with Crippen LogP contribution in [0.3, 0.4) is 0 Å². The molecule has 7 heteroatoms. The molecule has 164 valence electrons. The molecule has 2 aromatic carbocycles. The second-order valence-corrected chi connectivity index (χ2v) is 8.63. The van der Waals surface area contributed by atoms with Crippen LogP contribution in [-0.4, -0.2) is 25.2 Å². The van der Waals surface area contributed by atoms with E-state index in [1.165, 1.54) is 14.7 Å². The Morgan fingerprint density at radius 3 is 2.38 bits per heavy atom. The van der Waals surface area contributed by atoms with Crippen LogP contribution in [0.15, 0.2) is 70.3 Å². The maximum absolute atomic E-state index is 13.5. The van der Waals surface area contributed by atoms with Gasteiger partial charge in [0.1, 0.15) is 0 Å². The van der Waals surface area contributed by atoms with Gasteiger partial charge in [-0.05, 0) is 36.5 Å². The smallest absolute Gasteiger partial charge is 0.312 e. The van der Waals surface area contributed by atoms with E-state index in [-0.39, 0.29) is 11.2 Å². The molecule has 4 aromatic rings. The van der Waals surface area contributed by atoms with Gasteiger partial charge in [0.15, 0.2) is 11.2 Å². The van der Waals surface area contributed by atoms with Crippen molar-refractivity contribution in [3.05, 3.63) is 87.1 Å². The molecule has 0 spiro atoms. The number of para-hydroxylation sites is 1. The quantitative estimate of drug-likeness (QED) is 0.488. The first-order valence-corrected chi connectivity index (χ1v) is 11.1. The van der Waals surface area contributed by atoms with Crippen LogP contribution < -0.4 is 16.1 Å². The Morgan fingerprint density at radius 1 is 0.969 bits per heavy atom. The van der Waals surface area contributed by atoms with Crippen LogP contribution in [0.2, 0.25) is 0 Å². The van der Waals surface area contributed by atoms with Crippen molar-refractivity contribution in [1.29, 1.82) is 0 Å². The molecule has 0 aliphatic carbocycles. The topological polar surface area (TPSA) is 65.1 Å². The Labute approximate surface area is 186 Å². The van der Waals surface area contributed by atoms with E-state index >= 15 is 0 Å². The summed E-state index contributed by atoms with van der Waals surface area (Å²) in [5, 5.41) is 0. The summed E-state index contributed by atoms with van der Waals surface area (Å²) in [7, 11) is 1.70. The first kappa shape index (κ1) is 20.3. The highest BCUT2D eigenvalue weighted by molar-refractivity contribution is 5.77. The van der Waals surface area contributed by atoms with E-state index in [1.807, 2.05) is 53.1 Å². The summed E-state index contributed by atoms with van der Waals surface area (Å²) in [6.07, 6.45) is 1.54. The minimum atomic E-state index is -0.315. The third-order valence-corrected chi connectivity index (χ3v) is 6.20. The van der Waals surface area contributed by atoms with Crippen LogP contribution in [0.25, 0.3) is 11.2 Å². The lowest BCUT2D eigenvalue weighted by Crippen LogP contribution is -2.40. The second-order valence-electron chi connectivity index (χ2n) is 8.63. The second kappa shape index (κ2) is 8.15. The highest BCUT2D eigenvalue weighted by Gasteiger charge is 2.29. The number of benzene rings is 2. The van der Waals surface area contributed by atoms with Gasteiger partial charge in [0.25, 0.3) is 5.56 Å². The number of fused-ring (bicyclic) bond motifs is 3. The summed E-state index contributed by atoms with van der Waals surface area (Å²) < 4.78 is 4.87. The van der Waals surface area contributed by atoms with Crippen molar-refractivity contribution in [2.24, 2.45) is 13.0 Å². The highest BCUT2D eigenvalue weighted by Crippen LogP contribution is 2.32. The maximum Gasteiger partial charge on any atom is 0.332 e.